The number of urea groups is 1. The topological polar surface area (TPSA) is 84.5 Å². The van der Waals surface area contributed by atoms with E-state index in [0.29, 0.717) is 19.7 Å². The summed E-state index contributed by atoms with van der Waals surface area (Å²) < 4.78 is 10.9. The summed E-state index contributed by atoms with van der Waals surface area (Å²) in [5, 5.41) is 9.78. The third kappa shape index (κ3) is 4.91. The molecule has 8 heteroatoms. The minimum Gasteiger partial charge on any atom is -0.496 e. The molecule has 0 spiro atoms. The van der Waals surface area contributed by atoms with Gasteiger partial charge in [0.05, 0.1) is 31.9 Å². The molecule has 1 saturated heterocycles. The van der Waals surface area contributed by atoms with Gasteiger partial charge in [0.1, 0.15) is 10.8 Å². The number of morpholine rings is 1. The number of nitrogens with one attached hydrogen (secondary N) is 3. The Morgan fingerprint density at radius 3 is 3.12 bits per heavy atom. The molecular weight excluding hydrogens is 340 g/mol. The van der Waals surface area contributed by atoms with Crippen molar-refractivity contribution in [1.82, 2.24) is 20.9 Å². The molecule has 2 amide bonds. The number of benzene rings is 1. The number of ether oxygens (including phenoxy) is 2. The van der Waals surface area contributed by atoms with Crippen LogP contribution in [0.25, 0.3) is 10.6 Å². The second-order valence-corrected chi connectivity index (χ2v) is 6.71. The molecule has 1 aromatic heterocycles. The second-order valence-electron chi connectivity index (χ2n) is 5.59. The van der Waals surface area contributed by atoms with Crippen molar-refractivity contribution >= 4 is 17.4 Å². The van der Waals surface area contributed by atoms with Crippen LogP contribution >= 0.6 is 11.3 Å². The number of para-hydroxylation sites is 1. The Morgan fingerprint density at radius 1 is 1.44 bits per heavy atom. The maximum Gasteiger partial charge on any atom is 0.315 e. The van der Waals surface area contributed by atoms with Crippen molar-refractivity contribution in [3.05, 3.63) is 35.3 Å². The normalized spacial score (nSPS) is 17.1. The summed E-state index contributed by atoms with van der Waals surface area (Å²) in [5.74, 6) is 0.787. The fraction of sp³-hybridized carbons (Fsp3) is 0.412. The van der Waals surface area contributed by atoms with Crippen molar-refractivity contribution < 1.29 is 14.3 Å². The van der Waals surface area contributed by atoms with E-state index >= 15 is 0 Å². The largest absolute Gasteiger partial charge is 0.496 e. The van der Waals surface area contributed by atoms with Crippen LogP contribution in [0.15, 0.2) is 30.5 Å². The lowest BCUT2D eigenvalue weighted by molar-refractivity contribution is 0.0307. The quantitative estimate of drug-likeness (QED) is 0.727. The SMILES string of the molecule is COc1ccccc1-c1ncc(CNC(=O)NC[C@@H]2CNCCO2)s1. The van der Waals surface area contributed by atoms with E-state index in [4.69, 9.17) is 9.47 Å². The maximum absolute atomic E-state index is 11.9. The summed E-state index contributed by atoms with van der Waals surface area (Å²) in [5.41, 5.74) is 0.952. The zero-order valence-corrected chi connectivity index (χ0v) is 14.9. The Labute approximate surface area is 150 Å². The summed E-state index contributed by atoms with van der Waals surface area (Å²) >= 11 is 1.54. The molecule has 0 bridgehead atoms. The summed E-state index contributed by atoms with van der Waals surface area (Å²) in [6.07, 6.45) is 1.81. The number of aromatic nitrogens is 1. The number of nitrogens with zero attached hydrogens (tertiary/aromatic N) is 1. The van der Waals surface area contributed by atoms with Gasteiger partial charge in [-0.25, -0.2) is 9.78 Å². The molecular formula is C17H22N4O3S. The molecule has 0 saturated carbocycles. The number of thiazole rings is 1. The van der Waals surface area contributed by atoms with Gasteiger partial charge in [0.15, 0.2) is 0 Å². The van der Waals surface area contributed by atoms with E-state index in [1.807, 2.05) is 24.3 Å². The summed E-state index contributed by atoms with van der Waals surface area (Å²) in [4.78, 5) is 17.3. The molecule has 2 aromatic rings. The number of hydrogen-bond donors (Lipinski definition) is 3. The van der Waals surface area contributed by atoms with Gasteiger partial charge in [-0.05, 0) is 12.1 Å². The number of hydrogen-bond acceptors (Lipinski definition) is 6. The minimum atomic E-state index is -0.207. The third-order valence-corrected chi connectivity index (χ3v) is 4.84. The highest BCUT2D eigenvalue weighted by Crippen LogP contribution is 2.32. The van der Waals surface area contributed by atoms with Crippen molar-refractivity contribution in [2.24, 2.45) is 0 Å². The molecule has 1 aliphatic rings. The van der Waals surface area contributed by atoms with Gasteiger partial charge >= 0.3 is 6.03 Å². The zero-order chi connectivity index (χ0) is 17.5. The van der Waals surface area contributed by atoms with Crippen LogP contribution in [-0.4, -0.2) is 50.5 Å². The standard InChI is InChI=1S/C17H22N4O3S/c1-23-15-5-3-2-4-14(15)16-19-10-13(25-16)11-21-17(22)20-9-12-8-18-6-7-24-12/h2-5,10,12,18H,6-9,11H2,1H3,(H2,20,21,22)/t12-/m0/s1. The van der Waals surface area contributed by atoms with Gasteiger partial charge in [0.2, 0.25) is 0 Å². The van der Waals surface area contributed by atoms with Crippen LogP contribution in [0.5, 0.6) is 5.75 Å². The van der Waals surface area contributed by atoms with Gasteiger partial charge in [-0.3, -0.25) is 0 Å². The fourth-order valence-corrected chi connectivity index (χ4v) is 3.40. The zero-order valence-electron chi connectivity index (χ0n) is 14.1. The average Bonchev–Trinajstić information content (AvgIpc) is 3.14. The molecule has 3 rings (SSSR count). The van der Waals surface area contributed by atoms with Crippen molar-refractivity contribution in [2.45, 2.75) is 12.6 Å². The molecule has 3 N–H and O–H groups in total. The smallest absolute Gasteiger partial charge is 0.315 e. The Bertz CT molecular complexity index is 701. The molecule has 0 aliphatic carbocycles. The van der Waals surface area contributed by atoms with Crippen LogP contribution in [0.3, 0.4) is 0 Å². The highest BCUT2D eigenvalue weighted by atomic mass is 32.1. The van der Waals surface area contributed by atoms with Crippen molar-refractivity contribution in [1.29, 1.82) is 0 Å². The summed E-state index contributed by atoms with van der Waals surface area (Å²) in [7, 11) is 1.64. The molecule has 134 valence electrons. The second kappa shape index (κ2) is 8.80. The molecule has 1 aromatic carbocycles. The van der Waals surface area contributed by atoms with Gasteiger partial charge in [-0.1, -0.05) is 12.1 Å². The number of carbonyl (C=O) groups excluding carboxylic acids is 1. The highest BCUT2D eigenvalue weighted by Gasteiger charge is 2.14. The van der Waals surface area contributed by atoms with Crippen molar-refractivity contribution in [3.8, 4) is 16.3 Å². The lowest BCUT2D eigenvalue weighted by Crippen LogP contribution is -2.47. The van der Waals surface area contributed by atoms with Crippen LogP contribution in [-0.2, 0) is 11.3 Å². The van der Waals surface area contributed by atoms with Gasteiger partial charge in [-0.2, -0.15) is 0 Å². The highest BCUT2D eigenvalue weighted by molar-refractivity contribution is 7.15. The van der Waals surface area contributed by atoms with Gasteiger partial charge in [0, 0.05) is 30.7 Å². The predicted octanol–water partition coefficient (Wildman–Crippen LogP) is 1.61. The van der Waals surface area contributed by atoms with Crippen LogP contribution in [0.1, 0.15) is 4.88 Å². The molecule has 7 nitrogen and oxygen atoms in total. The van der Waals surface area contributed by atoms with Gasteiger partial charge < -0.3 is 25.4 Å². The van der Waals surface area contributed by atoms with Gasteiger partial charge in [-0.15, -0.1) is 11.3 Å². The fourth-order valence-electron chi connectivity index (χ4n) is 2.52. The molecule has 0 unspecified atom stereocenters. The molecule has 25 heavy (non-hydrogen) atoms. The van der Waals surface area contributed by atoms with Crippen LogP contribution < -0.4 is 20.7 Å². The first-order chi connectivity index (χ1) is 12.3. The van der Waals surface area contributed by atoms with E-state index in [9.17, 15) is 4.79 Å². The molecule has 1 aliphatic heterocycles. The molecule has 1 fully saturated rings. The van der Waals surface area contributed by atoms with Gasteiger partial charge in [0.25, 0.3) is 0 Å². The first kappa shape index (κ1) is 17.7. The van der Waals surface area contributed by atoms with E-state index < -0.39 is 0 Å². The van der Waals surface area contributed by atoms with Crippen molar-refractivity contribution in [2.75, 3.05) is 33.4 Å². The molecule has 2 heterocycles. The number of carbonyl (C=O) groups is 1. The molecule has 1 atom stereocenters. The van der Waals surface area contributed by atoms with E-state index in [1.54, 1.807) is 13.3 Å². The summed E-state index contributed by atoms with van der Waals surface area (Å²) in [6.45, 7) is 3.23. The third-order valence-electron chi connectivity index (χ3n) is 3.81. The van der Waals surface area contributed by atoms with E-state index in [0.717, 1.165) is 34.3 Å². The molecule has 0 radical (unpaired) electrons. The number of methoxy groups -OCH3 is 1. The van der Waals surface area contributed by atoms with Crippen LogP contribution in [0.4, 0.5) is 4.79 Å². The van der Waals surface area contributed by atoms with E-state index in [-0.39, 0.29) is 12.1 Å². The Morgan fingerprint density at radius 2 is 2.32 bits per heavy atom. The Balaban J connectivity index is 1.49. The van der Waals surface area contributed by atoms with Crippen molar-refractivity contribution in [3.63, 3.8) is 0 Å². The maximum atomic E-state index is 11.9. The van der Waals surface area contributed by atoms with E-state index in [1.165, 1.54) is 11.3 Å². The lowest BCUT2D eigenvalue weighted by atomic mass is 10.2. The minimum absolute atomic E-state index is 0.0278. The van der Waals surface area contributed by atoms with Crippen LogP contribution in [0, 0.1) is 0 Å². The number of rotatable bonds is 6. The van der Waals surface area contributed by atoms with E-state index in [2.05, 4.69) is 20.9 Å². The Kier molecular flexibility index (Phi) is 6.21. The monoisotopic (exact) mass is 362 g/mol. The average molecular weight is 362 g/mol. The Hall–Kier alpha value is -2.16. The first-order valence-electron chi connectivity index (χ1n) is 8.18. The number of amides is 2. The lowest BCUT2D eigenvalue weighted by Gasteiger charge is -2.23. The first-order valence-corrected chi connectivity index (χ1v) is 9.00. The van der Waals surface area contributed by atoms with Crippen LogP contribution in [0.2, 0.25) is 0 Å². The summed E-state index contributed by atoms with van der Waals surface area (Å²) in [6, 6.07) is 7.55. The predicted molar refractivity (Wildman–Crippen MR) is 97.0 cm³/mol.